The van der Waals surface area contributed by atoms with Gasteiger partial charge in [0.25, 0.3) is 0 Å². The monoisotopic (exact) mass is 211 g/mol. The van der Waals surface area contributed by atoms with Crippen LogP contribution in [-0.2, 0) is 0 Å². The Hall–Kier alpha value is -0.380. The molecule has 0 aliphatic carbocycles. The van der Waals surface area contributed by atoms with Gasteiger partial charge in [-0.2, -0.15) is 0 Å². The van der Waals surface area contributed by atoms with Gasteiger partial charge in [-0.15, -0.1) is 0 Å². The number of likely N-dealkylation sites (N-methyl/N-ethyl adjacent to an activating group) is 2. The van der Waals surface area contributed by atoms with E-state index < -0.39 is 0 Å². The van der Waals surface area contributed by atoms with Gasteiger partial charge in [-0.25, -0.2) is 0 Å². The van der Waals surface area contributed by atoms with Crippen molar-refractivity contribution in [3.63, 3.8) is 0 Å². The van der Waals surface area contributed by atoms with Crippen molar-refractivity contribution in [1.29, 1.82) is 0 Å². The molecule has 0 aromatic rings. The van der Waals surface area contributed by atoms with Gasteiger partial charge in [0.15, 0.2) is 0 Å². The van der Waals surface area contributed by atoms with E-state index >= 15 is 0 Å². The van der Waals surface area contributed by atoms with E-state index in [0.717, 1.165) is 13.1 Å². The minimum Gasteiger partial charge on any atom is -0.316 e. The molecule has 1 aliphatic rings. The molecule has 1 N–H and O–H groups in total. The molecule has 0 amide bonds. The molecule has 88 valence electrons. The summed E-state index contributed by atoms with van der Waals surface area (Å²) in [5.74, 6) is 0. The third-order valence-electron chi connectivity index (χ3n) is 3.13. The van der Waals surface area contributed by atoms with E-state index in [1.807, 2.05) is 7.05 Å². The molecule has 3 heteroatoms. The highest BCUT2D eigenvalue weighted by Gasteiger charge is 2.21. The van der Waals surface area contributed by atoms with Crippen molar-refractivity contribution in [2.24, 2.45) is 0 Å². The zero-order valence-corrected chi connectivity index (χ0v) is 10.4. The minimum atomic E-state index is 0.686. The van der Waals surface area contributed by atoms with Crippen molar-refractivity contribution < 1.29 is 0 Å². The number of hydrogen-bond acceptors (Lipinski definition) is 3. The molecule has 1 saturated heterocycles. The summed E-state index contributed by atoms with van der Waals surface area (Å²) >= 11 is 0. The van der Waals surface area contributed by atoms with Gasteiger partial charge in [-0.3, -0.25) is 9.80 Å². The van der Waals surface area contributed by atoms with E-state index in [0.29, 0.717) is 6.04 Å². The van der Waals surface area contributed by atoms with E-state index in [2.05, 4.69) is 35.5 Å². The molecule has 3 nitrogen and oxygen atoms in total. The predicted molar refractivity (Wildman–Crippen MR) is 66.2 cm³/mol. The first-order chi connectivity index (χ1) is 7.17. The van der Waals surface area contributed by atoms with Gasteiger partial charge in [0, 0.05) is 38.8 Å². The van der Waals surface area contributed by atoms with Gasteiger partial charge in [0.2, 0.25) is 0 Å². The Bertz CT molecular complexity index is 203. The van der Waals surface area contributed by atoms with Gasteiger partial charge >= 0.3 is 0 Å². The molecule has 1 unspecified atom stereocenters. The van der Waals surface area contributed by atoms with Crippen molar-refractivity contribution in [3.05, 3.63) is 12.2 Å². The first-order valence-electron chi connectivity index (χ1n) is 5.95. The number of nitrogens with zero attached hydrogens (tertiary/aromatic N) is 2. The Morgan fingerprint density at radius 2 is 2.20 bits per heavy atom. The first-order valence-corrected chi connectivity index (χ1v) is 5.95. The molecule has 0 spiro atoms. The lowest BCUT2D eigenvalue weighted by Crippen LogP contribution is -2.52. The topological polar surface area (TPSA) is 18.5 Å². The van der Waals surface area contributed by atoms with Crippen LogP contribution in [0.3, 0.4) is 0 Å². The maximum atomic E-state index is 4.08. The van der Waals surface area contributed by atoms with Gasteiger partial charge in [-0.05, 0) is 26.1 Å². The highest BCUT2D eigenvalue weighted by molar-refractivity contribution is 5.00. The van der Waals surface area contributed by atoms with Crippen molar-refractivity contribution in [2.45, 2.75) is 19.9 Å². The summed E-state index contributed by atoms with van der Waals surface area (Å²) in [7, 11) is 1.98. The highest BCUT2D eigenvalue weighted by atomic mass is 15.3. The average molecular weight is 211 g/mol. The molecule has 1 rings (SSSR count). The SMILES string of the molecule is C=C(CNC)CN1CCN(CC)C(C)C1. The van der Waals surface area contributed by atoms with Gasteiger partial charge in [0.1, 0.15) is 0 Å². The summed E-state index contributed by atoms with van der Waals surface area (Å²) in [6, 6.07) is 0.686. The van der Waals surface area contributed by atoms with Crippen LogP contribution in [0.25, 0.3) is 0 Å². The molecular weight excluding hydrogens is 186 g/mol. The summed E-state index contributed by atoms with van der Waals surface area (Å²) in [5.41, 5.74) is 1.29. The largest absolute Gasteiger partial charge is 0.316 e. The number of piperazine rings is 1. The molecule has 1 fully saturated rings. The van der Waals surface area contributed by atoms with E-state index in [1.165, 1.54) is 31.8 Å². The normalized spacial score (nSPS) is 24.3. The Balaban J connectivity index is 2.31. The Morgan fingerprint density at radius 3 is 2.73 bits per heavy atom. The zero-order chi connectivity index (χ0) is 11.3. The van der Waals surface area contributed by atoms with E-state index in [-0.39, 0.29) is 0 Å². The Morgan fingerprint density at radius 1 is 1.47 bits per heavy atom. The third kappa shape index (κ3) is 3.93. The molecule has 0 saturated carbocycles. The van der Waals surface area contributed by atoms with Crippen molar-refractivity contribution in [3.8, 4) is 0 Å². The van der Waals surface area contributed by atoms with E-state index in [1.54, 1.807) is 0 Å². The van der Waals surface area contributed by atoms with Gasteiger partial charge in [0.05, 0.1) is 0 Å². The lowest BCUT2D eigenvalue weighted by atomic mass is 10.1. The zero-order valence-electron chi connectivity index (χ0n) is 10.4. The van der Waals surface area contributed by atoms with Crippen LogP contribution in [0.2, 0.25) is 0 Å². The molecule has 0 bridgehead atoms. The summed E-state index contributed by atoms with van der Waals surface area (Å²) in [4.78, 5) is 5.05. The van der Waals surface area contributed by atoms with Crippen molar-refractivity contribution in [2.75, 3.05) is 46.3 Å². The fraction of sp³-hybridized carbons (Fsp3) is 0.833. The second-order valence-electron chi connectivity index (χ2n) is 4.49. The second kappa shape index (κ2) is 6.26. The number of rotatable bonds is 5. The van der Waals surface area contributed by atoms with Crippen LogP contribution in [0.5, 0.6) is 0 Å². The quantitative estimate of drug-likeness (QED) is 0.678. The summed E-state index contributed by atoms with van der Waals surface area (Å²) in [5, 5.41) is 3.15. The third-order valence-corrected chi connectivity index (χ3v) is 3.13. The summed E-state index contributed by atoms with van der Waals surface area (Å²) in [6.07, 6.45) is 0. The van der Waals surface area contributed by atoms with Crippen LogP contribution in [0, 0.1) is 0 Å². The van der Waals surface area contributed by atoms with Crippen molar-refractivity contribution >= 4 is 0 Å². The van der Waals surface area contributed by atoms with Crippen LogP contribution in [0.1, 0.15) is 13.8 Å². The van der Waals surface area contributed by atoms with Crippen LogP contribution in [0.4, 0.5) is 0 Å². The first kappa shape index (κ1) is 12.7. The van der Waals surface area contributed by atoms with Crippen LogP contribution >= 0.6 is 0 Å². The molecule has 1 atom stereocenters. The molecule has 15 heavy (non-hydrogen) atoms. The van der Waals surface area contributed by atoms with Gasteiger partial charge < -0.3 is 5.32 Å². The van der Waals surface area contributed by atoms with Crippen LogP contribution < -0.4 is 5.32 Å². The lowest BCUT2D eigenvalue weighted by Gasteiger charge is -2.39. The lowest BCUT2D eigenvalue weighted by molar-refractivity contribution is 0.0942. The maximum Gasteiger partial charge on any atom is 0.0204 e. The average Bonchev–Trinajstić information content (AvgIpc) is 2.18. The second-order valence-corrected chi connectivity index (χ2v) is 4.49. The standard InChI is InChI=1S/C12H25N3/c1-5-15-7-6-14(10-12(15)3)9-11(2)8-13-4/h12-13H,2,5-10H2,1,3-4H3. The predicted octanol–water partition coefficient (Wildman–Crippen LogP) is 0.788. The number of hydrogen-bond donors (Lipinski definition) is 1. The Kier molecular flexibility index (Phi) is 5.29. The Labute approximate surface area is 94.1 Å². The smallest absolute Gasteiger partial charge is 0.0204 e. The highest BCUT2D eigenvalue weighted by Crippen LogP contribution is 2.09. The summed E-state index contributed by atoms with van der Waals surface area (Å²) < 4.78 is 0. The molecule has 1 heterocycles. The van der Waals surface area contributed by atoms with Crippen LogP contribution in [-0.4, -0.2) is 62.2 Å². The van der Waals surface area contributed by atoms with Crippen LogP contribution in [0.15, 0.2) is 12.2 Å². The number of nitrogens with one attached hydrogen (secondary N) is 1. The van der Waals surface area contributed by atoms with E-state index in [9.17, 15) is 0 Å². The molecule has 1 aliphatic heterocycles. The van der Waals surface area contributed by atoms with Gasteiger partial charge in [-0.1, -0.05) is 13.5 Å². The maximum absolute atomic E-state index is 4.08. The molecule has 0 aromatic heterocycles. The molecule has 0 radical (unpaired) electrons. The minimum absolute atomic E-state index is 0.686. The van der Waals surface area contributed by atoms with Crippen molar-refractivity contribution in [1.82, 2.24) is 15.1 Å². The summed E-state index contributed by atoms with van der Waals surface area (Å²) in [6.45, 7) is 15.4. The fourth-order valence-corrected chi connectivity index (χ4v) is 2.31. The fourth-order valence-electron chi connectivity index (χ4n) is 2.31. The van der Waals surface area contributed by atoms with E-state index in [4.69, 9.17) is 0 Å². The molecule has 0 aromatic carbocycles. The molecular formula is C12H25N3.